The molecule has 1 aromatic carbocycles. The number of carbonyl (C=O) groups is 2. The Bertz CT molecular complexity index is 432. The Morgan fingerprint density at radius 1 is 1.29 bits per heavy atom. The minimum atomic E-state index is -1.31. The highest BCUT2D eigenvalue weighted by molar-refractivity contribution is 6.33. The van der Waals surface area contributed by atoms with E-state index in [1.165, 1.54) is 6.07 Å². The van der Waals surface area contributed by atoms with Crippen molar-refractivity contribution in [2.45, 2.75) is 19.9 Å². The molecule has 0 saturated carbocycles. The average Bonchev–Trinajstić information content (AvgIpc) is 2.25. The van der Waals surface area contributed by atoms with E-state index in [-0.39, 0.29) is 16.5 Å². The zero-order valence-electron chi connectivity index (χ0n) is 9.57. The van der Waals surface area contributed by atoms with Gasteiger partial charge in [-0.1, -0.05) is 37.6 Å². The van der Waals surface area contributed by atoms with Gasteiger partial charge in [0.2, 0.25) is 0 Å². The highest BCUT2D eigenvalue weighted by atomic mass is 35.5. The first kappa shape index (κ1) is 13.5. The van der Waals surface area contributed by atoms with Crippen LogP contribution in [0.3, 0.4) is 0 Å². The molecule has 0 spiro atoms. The van der Waals surface area contributed by atoms with Crippen molar-refractivity contribution < 1.29 is 14.7 Å². The Kier molecular flexibility index (Phi) is 4.52. The summed E-state index contributed by atoms with van der Waals surface area (Å²) >= 11 is 5.84. The molecule has 0 saturated heterocycles. The standard InChI is InChI=1S/C12H14ClNO3/c1-7(2)10(12(16)17)14-11(15)8-5-3-4-6-9(8)13/h3-7,10H,1-2H3,(H,14,15)(H,16,17)/p-1. The lowest BCUT2D eigenvalue weighted by Gasteiger charge is -2.23. The Hall–Kier alpha value is -1.55. The first-order valence-corrected chi connectivity index (χ1v) is 5.57. The van der Waals surface area contributed by atoms with Crippen LogP contribution in [0.2, 0.25) is 5.02 Å². The fourth-order valence-electron chi connectivity index (χ4n) is 1.36. The van der Waals surface area contributed by atoms with Gasteiger partial charge in [0.05, 0.1) is 22.6 Å². The number of hydrogen-bond acceptors (Lipinski definition) is 3. The van der Waals surface area contributed by atoms with Crippen molar-refractivity contribution in [3.05, 3.63) is 34.9 Å². The van der Waals surface area contributed by atoms with Crippen LogP contribution in [0.15, 0.2) is 24.3 Å². The SMILES string of the molecule is CC(C)C(NC(=O)c1ccccc1Cl)C(=O)[O-]. The molecule has 1 N–H and O–H groups in total. The van der Waals surface area contributed by atoms with Crippen LogP contribution in [0.5, 0.6) is 0 Å². The lowest BCUT2D eigenvalue weighted by atomic mass is 10.0. The van der Waals surface area contributed by atoms with Crippen molar-refractivity contribution >= 4 is 23.5 Å². The van der Waals surface area contributed by atoms with Gasteiger partial charge in [-0.2, -0.15) is 0 Å². The summed E-state index contributed by atoms with van der Waals surface area (Å²) in [6.45, 7) is 3.38. The number of hydrogen-bond donors (Lipinski definition) is 1. The lowest BCUT2D eigenvalue weighted by Crippen LogP contribution is -2.50. The summed E-state index contributed by atoms with van der Waals surface area (Å²) in [5.74, 6) is -2.08. The molecule has 1 rings (SSSR count). The molecule has 1 unspecified atom stereocenters. The van der Waals surface area contributed by atoms with Crippen molar-refractivity contribution in [3.63, 3.8) is 0 Å². The van der Waals surface area contributed by atoms with E-state index in [2.05, 4.69) is 5.32 Å². The Morgan fingerprint density at radius 2 is 1.88 bits per heavy atom. The highest BCUT2D eigenvalue weighted by Gasteiger charge is 2.19. The third-order valence-electron chi connectivity index (χ3n) is 2.33. The largest absolute Gasteiger partial charge is 0.548 e. The van der Waals surface area contributed by atoms with E-state index < -0.39 is 17.9 Å². The molecule has 0 radical (unpaired) electrons. The molecule has 92 valence electrons. The van der Waals surface area contributed by atoms with Crippen LogP contribution >= 0.6 is 11.6 Å². The summed E-state index contributed by atoms with van der Waals surface area (Å²) in [6, 6.07) is 5.42. The molecule has 0 aliphatic rings. The summed E-state index contributed by atoms with van der Waals surface area (Å²) in [5, 5.41) is 13.5. The number of benzene rings is 1. The molecule has 0 aliphatic heterocycles. The number of carbonyl (C=O) groups excluding carboxylic acids is 2. The molecule has 1 atom stereocenters. The maximum atomic E-state index is 11.8. The minimum Gasteiger partial charge on any atom is -0.548 e. The fourth-order valence-corrected chi connectivity index (χ4v) is 1.58. The summed E-state index contributed by atoms with van der Waals surface area (Å²) in [5.41, 5.74) is 0.251. The Morgan fingerprint density at radius 3 is 2.35 bits per heavy atom. The normalized spacial score (nSPS) is 12.2. The third-order valence-corrected chi connectivity index (χ3v) is 2.66. The molecular weight excluding hydrogens is 242 g/mol. The van der Waals surface area contributed by atoms with Gasteiger partial charge in [-0.3, -0.25) is 4.79 Å². The van der Waals surface area contributed by atoms with Gasteiger partial charge in [-0.25, -0.2) is 0 Å². The number of aliphatic carboxylic acids is 1. The first-order chi connectivity index (χ1) is 7.93. The maximum absolute atomic E-state index is 11.8. The second-order valence-electron chi connectivity index (χ2n) is 3.99. The number of amides is 1. The zero-order chi connectivity index (χ0) is 13.0. The first-order valence-electron chi connectivity index (χ1n) is 5.19. The molecule has 1 aromatic rings. The maximum Gasteiger partial charge on any atom is 0.253 e. The smallest absolute Gasteiger partial charge is 0.253 e. The second kappa shape index (κ2) is 5.68. The number of carboxylic acids is 1. The van der Waals surface area contributed by atoms with E-state index in [9.17, 15) is 14.7 Å². The predicted octanol–water partition coefficient (Wildman–Crippen LogP) is 0.844. The van der Waals surface area contributed by atoms with E-state index in [1.807, 2.05) is 0 Å². The van der Waals surface area contributed by atoms with Gasteiger partial charge in [0, 0.05) is 0 Å². The van der Waals surface area contributed by atoms with Crippen LogP contribution in [0.1, 0.15) is 24.2 Å². The molecule has 1 amide bonds. The quantitative estimate of drug-likeness (QED) is 0.866. The van der Waals surface area contributed by atoms with Crippen molar-refractivity contribution in [1.82, 2.24) is 5.32 Å². The minimum absolute atomic E-state index is 0.251. The number of halogens is 1. The van der Waals surface area contributed by atoms with Gasteiger partial charge in [-0.15, -0.1) is 0 Å². The van der Waals surface area contributed by atoms with E-state index in [0.29, 0.717) is 0 Å². The van der Waals surface area contributed by atoms with E-state index in [0.717, 1.165) is 0 Å². The Labute approximate surface area is 105 Å². The average molecular weight is 255 g/mol. The molecule has 0 fully saturated rings. The number of carboxylic acid groups (broad SMARTS) is 1. The van der Waals surface area contributed by atoms with Crippen molar-refractivity contribution in [2.75, 3.05) is 0 Å². The second-order valence-corrected chi connectivity index (χ2v) is 4.40. The molecule has 0 bridgehead atoms. The van der Waals surface area contributed by atoms with Crippen molar-refractivity contribution in [2.24, 2.45) is 5.92 Å². The topological polar surface area (TPSA) is 69.2 Å². The van der Waals surface area contributed by atoms with Crippen LogP contribution in [-0.2, 0) is 4.79 Å². The van der Waals surface area contributed by atoms with Gasteiger partial charge in [0.15, 0.2) is 0 Å². The number of rotatable bonds is 4. The zero-order valence-corrected chi connectivity index (χ0v) is 10.3. The molecule has 0 aromatic heterocycles. The molecule has 5 heteroatoms. The summed E-state index contributed by atoms with van der Waals surface area (Å²) in [4.78, 5) is 22.6. The molecule has 4 nitrogen and oxygen atoms in total. The van der Waals surface area contributed by atoms with E-state index >= 15 is 0 Å². The lowest BCUT2D eigenvalue weighted by molar-refractivity contribution is -0.309. The van der Waals surface area contributed by atoms with E-state index in [4.69, 9.17) is 11.6 Å². The van der Waals surface area contributed by atoms with Crippen LogP contribution in [-0.4, -0.2) is 17.9 Å². The summed E-state index contributed by atoms with van der Waals surface area (Å²) in [7, 11) is 0. The molecule has 0 aliphatic carbocycles. The van der Waals surface area contributed by atoms with Gasteiger partial charge in [0.1, 0.15) is 0 Å². The van der Waals surface area contributed by atoms with Crippen molar-refractivity contribution in [3.8, 4) is 0 Å². The van der Waals surface area contributed by atoms with Crippen LogP contribution in [0.25, 0.3) is 0 Å². The predicted molar refractivity (Wildman–Crippen MR) is 62.6 cm³/mol. The van der Waals surface area contributed by atoms with Gasteiger partial charge in [-0.05, 0) is 18.1 Å². The van der Waals surface area contributed by atoms with Crippen LogP contribution < -0.4 is 10.4 Å². The summed E-state index contributed by atoms with van der Waals surface area (Å²) in [6.07, 6.45) is 0. The van der Waals surface area contributed by atoms with Crippen LogP contribution in [0.4, 0.5) is 0 Å². The summed E-state index contributed by atoms with van der Waals surface area (Å²) < 4.78 is 0. The monoisotopic (exact) mass is 254 g/mol. The van der Waals surface area contributed by atoms with Crippen molar-refractivity contribution in [1.29, 1.82) is 0 Å². The molecule has 0 heterocycles. The number of nitrogens with one attached hydrogen (secondary N) is 1. The highest BCUT2D eigenvalue weighted by Crippen LogP contribution is 2.15. The Balaban J connectivity index is 2.85. The molecular formula is C12H13ClNO3-. The van der Waals surface area contributed by atoms with Gasteiger partial charge < -0.3 is 15.2 Å². The van der Waals surface area contributed by atoms with Gasteiger partial charge >= 0.3 is 0 Å². The fraction of sp³-hybridized carbons (Fsp3) is 0.333. The molecule has 17 heavy (non-hydrogen) atoms. The van der Waals surface area contributed by atoms with E-state index in [1.54, 1.807) is 32.0 Å². The van der Waals surface area contributed by atoms with Crippen LogP contribution in [0, 0.1) is 5.92 Å². The third kappa shape index (κ3) is 3.46. The van der Waals surface area contributed by atoms with Gasteiger partial charge in [0.25, 0.3) is 5.91 Å².